The molecule has 1 unspecified atom stereocenters. The first kappa shape index (κ1) is 14.6. The van der Waals surface area contributed by atoms with E-state index >= 15 is 0 Å². The first-order chi connectivity index (χ1) is 10.8. The average Bonchev–Trinajstić information content (AvgIpc) is 2.57. The monoisotopic (exact) mass is 306 g/mol. The Morgan fingerprint density at radius 1 is 0.636 bits per heavy atom. The van der Waals surface area contributed by atoms with Gasteiger partial charge in [0.15, 0.2) is 0 Å². The molecule has 2 heteroatoms. The van der Waals surface area contributed by atoms with E-state index in [2.05, 4.69) is 12.1 Å². The van der Waals surface area contributed by atoms with E-state index in [1.54, 1.807) is 0 Å². The minimum absolute atomic E-state index is 0.362. The lowest BCUT2D eigenvalue weighted by Gasteiger charge is -2.14. The zero-order chi connectivity index (χ0) is 15.4. The predicted octanol–water partition coefficient (Wildman–Crippen LogP) is 5.25. The molecular formula is C20H15ClO. The van der Waals surface area contributed by atoms with Crippen molar-refractivity contribution in [1.29, 1.82) is 0 Å². The van der Waals surface area contributed by atoms with Gasteiger partial charge in [0.2, 0.25) is 5.24 Å². The van der Waals surface area contributed by atoms with Gasteiger partial charge >= 0.3 is 0 Å². The SMILES string of the molecule is O=C(Cl)C(c1ccccc1)c1ccc(-c2ccccc2)cc1. The van der Waals surface area contributed by atoms with Crippen LogP contribution in [0.5, 0.6) is 0 Å². The van der Waals surface area contributed by atoms with Gasteiger partial charge in [-0.05, 0) is 33.9 Å². The summed E-state index contributed by atoms with van der Waals surface area (Å²) in [5, 5.41) is -0.362. The zero-order valence-electron chi connectivity index (χ0n) is 11.9. The van der Waals surface area contributed by atoms with Crippen molar-refractivity contribution in [3.05, 3.63) is 96.1 Å². The Kier molecular flexibility index (Phi) is 4.36. The Hall–Kier alpha value is -2.38. The molecule has 1 nitrogen and oxygen atoms in total. The molecule has 0 fully saturated rings. The van der Waals surface area contributed by atoms with Crippen molar-refractivity contribution >= 4 is 16.8 Å². The highest BCUT2D eigenvalue weighted by atomic mass is 35.5. The van der Waals surface area contributed by atoms with Crippen LogP contribution in [0.25, 0.3) is 11.1 Å². The minimum Gasteiger partial charge on any atom is -0.280 e. The van der Waals surface area contributed by atoms with Crippen LogP contribution in [0.15, 0.2) is 84.9 Å². The average molecular weight is 307 g/mol. The first-order valence-corrected chi connectivity index (χ1v) is 7.53. The fraction of sp³-hybridized carbons (Fsp3) is 0.0500. The maximum absolute atomic E-state index is 11.9. The summed E-state index contributed by atoms with van der Waals surface area (Å²) in [6.07, 6.45) is 0. The van der Waals surface area contributed by atoms with Gasteiger partial charge in [-0.3, -0.25) is 4.79 Å². The van der Waals surface area contributed by atoms with Crippen LogP contribution >= 0.6 is 11.6 Å². The number of benzene rings is 3. The second kappa shape index (κ2) is 6.59. The van der Waals surface area contributed by atoms with Gasteiger partial charge in [-0.25, -0.2) is 0 Å². The highest BCUT2D eigenvalue weighted by Gasteiger charge is 2.20. The van der Waals surface area contributed by atoms with Crippen LogP contribution in [-0.4, -0.2) is 5.24 Å². The largest absolute Gasteiger partial charge is 0.280 e. The van der Waals surface area contributed by atoms with Crippen molar-refractivity contribution < 1.29 is 4.79 Å². The third-order valence-corrected chi connectivity index (χ3v) is 3.93. The van der Waals surface area contributed by atoms with Gasteiger partial charge in [0, 0.05) is 0 Å². The summed E-state index contributed by atoms with van der Waals surface area (Å²) in [6, 6.07) is 27.8. The number of halogens is 1. The van der Waals surface area contributed by atoms with E-state index in [1.165, 1.54) is 0 Å². The standard InChI is InChI=1S/C20H15ClO/c21-20(22)19(17-9-5-2-6-10-17)18-13-11-16(12-14-18)15-7-3-1-4-8-15/h1-14,19H. The van der Waals surface area contributed by atoms with Crippen LogP contribution in [-0.2, 0) is 4.79 Å². The third kappa shape index (κ3) is 3.10. The molecular weight excluding hydrogens is 292 g/mol. The summed E-state index contributed by atoms with van der Waals surface area (Å²) < 4.78 is 0. The van der Waals surface area contributed by atoms with Crippen molar-refractivity contribution in [2.75, 3.05) is 0 Å². The molecule has 0 spiro atoms. The van der Waals surface area contributed by atoms with E-state index in [0.717, 1.165) is 22.3 Å². The molecule has 0 bridgehead atoms. The van der Waals surface area contributed by atoms with Gasteiger partial charge in [0.1, 0.15) is 0 Å². The molecule has 0 radical (unpaired) electrons. The van der Waals surface area contributed by atoms with Crippen LogP contribution in [0.4, 0.5) is 0 Å². The van der Waals surface area contributed by atoms with E-state index < -0.39 is 5.92 Å². The van der Waals surface area contributed by atoms with Crippen molar-refractivity contribution in [2.45, 2.75) is 5.92 Å². The van der Waals surface area contributed by atoms with Crippen LogP contribution in [0.2, 0.25) is 0 Å². The number of carbonyl (C=O) groups excluding carboxylic acids is 1. The zero-order valence-corrected chi connectivity index (χ0v) is 12.7. The molecule has 3 rings (SSSR count). The lowest BCUT2D eigenvalue weighted by Crippen LogP contribution is -2.08. The second-order valence-electron chi connectivity index (χ2n) is 5.14. The third-order valence-electron chi connectivity index (χ3n) is 3.71. The fourth-order valence-electron chi connectivity index (χ4n) is 2.60. The molecule has 0 aliphatic heterocycles. The molecule has 1 atom stereocenters. The van der Waals surface area contributed by atoms with E-state index in [4.69, 9.17) is 11.6 Å². The summed E-state index contributed by atoms with van der Waals surface area (Å²) >= 11 is 5.83. The summed E-state index contributed by atoms with van der Waals surface area (Å²) in [5.41, 5.74) is 4.10. The molecule has 0 amide bonds. The molecule has 108 valence electrons. The minimum atomic E-state index is -0.423. The number of hydrogen-bond acceptors (Lipinski definition) is 1. The molecule has 3 aromatic rings. The number of carbonyl (C=O) groups is 1. The van der Waals surface area contributed by atoms with Crippen molar-refractivity contribution in [2.24, 2.45) is 0 Å². The summed E-state index contributed by atoms with van der Waals surface area (Å²) in [6.45, 7) is 0. The highest BCUT2D eigenvalue weighted by Crippen LogP contribution is 2.29. The van der Waals surface area contributed by atoms with E-state index in [-0.39, 0.29) is 5.24 Å². The van der Waals surface area contributed by atoms with Crippen LogP contribution < -0.4 is 0 Å². The molecule has 0 heterocycles. The van der Waals surface area contributed by atoms with Gasteiger partial charge in [0.25, 0.3) is 0 Å². The first-order valence-electron chi connectivity index (χ1n) is 7.15. The number of hydrogen-bond donors (Lipinski definition) is 0. The summed E-state index contributed by atoms with van der Waals surface area (Å²) in [5.74, 6) is -0.423. The lowest BCUT2D eigenvalue weighted by atomic mass is 9.91. The van der Waals surface area contributed by atoms with Crippen molar-refractivity contribution in [3.8, 4) is 11.1 Å². The maximum atomic E-state index is 11.9. The fourth-order valence-corrected chi connectivity index (χ4v) is 2.85. The summed E-state index contributed by atoms with van der Waals surface area (Å²) in [4.78, 5) is 11.9. The van der Waals surface area contributed by atoms with Crippen LogP contribution in [0.1, 0.15) is 17.0 Å². The maximum Gasteiger partial charge on any atom is 0.233 e. The molecule has 22 heavy (non-hydrogen) atoms. The Morgan fingerprint density at radius 2 is 1.09 bits per heavy atom. The van der Waals surface area contributed by atoms with Gasteiger partial charge in [-0.15, -0.1) is 0 Å². The molecule has 0 saturated carbocycles. The predicted molar refractivity (Wildman–Crippen MR) is 91.0 cm³/mol. The quantitative estimate of drug-likeness (QED) is 0.602. The molecule has 3 aromatic carbocycles. The van der Waals surface area contributed by atoms with Gasteiger partial charge in [-0.2, -0.15) is 0 Å². The Balaban J connectivity index is 1.95. The van der Waals surface area contributed by atoms with E-state index in [1.807, 2.05) is 72.8 Å². The van der Waals surface area contributed by atoms with E-state index in [9.17, 15) is 4.79 Å². The number of rotatable bonds is 4. The second-order valence-corrected chi connectivity index (χ2v) is 5.51. The van der Waals surface area contributed by atoms with Crippen molar-refractivity contribution in [1.82, 2.24) is 0 Å². The highest BCUT2D eigenvalue weighted by molar-refractivity contribution is 6.65. The smallest absolute Gasteiger partial charge is 0.233 e. The molecule has 0 aliphatic carbocycles. The normalized spacial score (nSPS) is 11.9. The van der Waals surface area contributed by atoms with Gasteiger partial charge < -0.3 is 0 Å². The van der Waals surface area contributed by atoms with Gasteiger partial charge in [0.05, 0.1) is 5.92 Å². The van der Waals surface area contributed by atoms with Crippen LogP contribution in [0, 0.1) is 0 Å². The molecule has 0 aromatic heterocycles. The Bertz CT molecular complexity index is 749. The molecule has 0 N–H and O–H groups in total. The molecule has 0 saturated heterocycles. The van der Waals surface area contributed by atoms with Crippen LogP contribution in [0.3, 0.4) is 0 Å². The Labute approximate surface area is 135 Å². The lowest BCUT2D eigenvalue weighted by molar-refractivity contribution is -0.112. The topological polar surface area (TPSA) is 17.1 Å². The van der Waals surface area contributed by atoms with Crippen molar-refractivity contribution in [3.63, 3.8) is 0 Å². The Morgan fingerprint density at radius 3 is 1.64 bits per heavy atom. The molecule has 0 aliphatic rings. The summed E-state index contributed by atoms with van der Waals surface area (Å²) in [7, 11) is 0. The van der Waals surface area contributed by atoms with E-state index in [0.29, 0.717) is 0 Å². The van der Waals surface area contributed by atoms with Gasteiger partial charge in [-0.1, -0.05) is 84.9 Å².